The molecule has 1 N–H and O–H groups in total. The van der Waals surface area contributed by atoms with E-state index in [0.29, 0.717) is 10.9 Å². The first-order chi connectivity index (χ1) is 8.97. The van der Waals surface area contributed by atoms with Gasteiger partial charge in [-0.1, -0.05) is 6.92 Å². The molecule has 0 aromatic carbocycles. The number of anilines is 1. The lowest BCUT2D eigenvalue weighted by atomic mass is 10.1. The molecule has 0 aliphatic rings. The van der Waals surface area contributed by atoms with Gasteiger partial charge in [0.15, 0.2) is 0 Å². The normalized spacial score (nSPS) is 12.6. The lowest BCUT2D eigenvalue weighted by Crippen LogP contribution is -2.29. The zero-order valence-electron chi connectivity index (χ0n) is 11.5. The fraction of sp³-hybridized carbons (Fsp3) is 0.462. The van der Waals surface area contributed by atoms with E-state index in [-0.39, 0.29) is 0 Å². The topological polar surface area (TPSA) is 66.3 Å². The van der Waals surface area contributed by atoms with Gasteiger partial charge >= 0.3 is 5.97 Å². The van der Waals surface area contributed by atoms with Crippen LogP contribution in [0.1, 0.15) is 35.5 Å². The van der Waals surface area contributed by atoms with E-state index in [1.165, 1.54) is 17.7 Å². The molecule has 5 nitrogen and oxygen atoms in total. The minimum atomic E-state index is -0.905. The molecule has 2 heterocycles. The number of aromatic carboxylic acids is 1. The molecule has 102 valence electrons. The molecule has 0 aliphatic carbocycles. The zero-order chi connectivity index (χ0) is 14.2. The lowest BCUT2D eigenvalue weighted by Gasteiger charge is -2.25. The summed E-state index contributed by atoms with van der Waals surface area (Å²) in [5.41, 5.74) is 0.748. The minimum absolute atomic E-state index is 0.339. The van der Waals surface area contributed by atoms with Crippen LogP contribution in [0, 0.1) is 6.92 Å². The molecule has 0 saturated carbocycles. The molecule has 19 heavy (non-hydrogen) atoms. The van der Waals surface area contributed by atoms with Crippen molar-refractivity contribution in [2.75, 3.05) is 11.9 Å². The summed E-state index contributed by atoms with van der Waals surface area (Å²) in [7, 11) is 1.98. The van der Waals surface area contributed by atoms with Gasteiger partial charge in [0.1, 0.15) is 21.9 Å². The molecule has 0 aliphatic heterocycles. The van der Waals surface area contributed by atoms with Crippen molar-refractivity contribution >= 4 is 33.3 Å². The number of hydrogen-bond acceptors (Lipinski definition) is 5. The summed E-state index contributed by atoms with van der Waals surface area (Å²) in [4.78, 5) is 22.9. The third-order valence-corrected chi connectivity index (χ3v) is 4.67. The van der Waals surface area contributed by atoms with Crippen molar-refractivity contribution in [1.29, 1.82) is 0 Å². The number of carbonyl (C=O) groups is 1. The summed E-state index contributed by atoms with van der Waals surface area (Å²) in [6.45, 7) is 6.05. The van der Waals surface area contributed by atoms with Gasteiger partial charge in [-0.15, -0.1) is 11.3 Å². The molecule has 1 unspecified atom stereocenters. The molecular formula is C13H17N3O2S. The number of nitrogens with zero attached hydrogens (tertiary/aromatic N) is 3. The maximum absolute atomic E-state index is 11.2. The summed E-state index contributed by atoms with van der Waals surface area (Å²) in [6.07, 6.45) is 2.50. The van der Waals surface area contributed by atoms with Crippen molar-refractivity contribution in [1.82, 2.24) is 9.97 Å². The van der Waals surface area contributed by atoms with Crippen molar-refractivity contribution < 1.29 is 9.90 Å². The molecular weight excluding hydrogens is 262 g/mol. The van der Waals surface area contributed by atoms with Crippen LogP contribution in [0.4, 0.5) is 5.82 Å². The monoisotopic (exact) mass is 279 g/mol. The van der Waals surface area contributed by atoms with Gasteiger partial charge in [0.2, 0.25) is 0 Å². The van der Waals surface area contributed by atoms with Crippen LogP contribution in [0.15, 0.2) is 6.33 Å². The molecule has 2 aromatic heterocycles. The van der Waals surface area contributed by atoms with E-state index in [1.807, 2.05) is 14.0 Å². The second kappa shape index (κ2) is 5.13. The molecule has 0 radical (unpaired) electrons. The molecule has 0 fully saturated rings. The van der Waals surface area contributed by atoms with Crippen LogP contribution in [0.2, 0.25) is 0 Å². The largest absolute Gasteiger partial charge is 0.477 e. The number of aryl methyl sites for hydroxylation is 1. The van der Waals surface area contributed by atoms with Gasteiger partial charge < -0.3 is 10.0 Å². The van der Waals surface area contributed by atoms with Crippen LogP contribution < -0.4 is 4.90 Å². The summed E-state index contributed by atoms with van der Waals surface area (Å²) < 4.78 is 0. The first kappa shape index (κ1) is 13.7. The minimum Gasteiger partial charge on any atom is -0.477 e. The first-order valence-corrected chi connectivity index (χ1v) is 6.99. The zero-order valence-corrected chi connectivity index (χ0v) is 12.3. The Morgan fingerprint density at radius 2 is 2.21 bits per heavy atom. The molecule has 0 amide bonds. The van der Waals surface area contributed by atoms with Gasteiger partial charge in [-0.25, -0.2) is 14.8 Å². The van der Waals surface area contributed by atoms with E-state index in [4.69, 9.17) is 0 Å². The predicted molar refractivity (Wildman–Crippen MR) is 77.3 cm³/mol. The molecule has 2 aromatic rings. The standard InChI is InChI=1S/C13H17N3O2S/c1-5-7(2)16(4)11-9-8(3)10(13(17)18)19-12(9)15-6-14-11/h6-7H,5H2,1-4H3,(H,17,18). The SMILES string of the molecule is CCC(C)N(C)c1ncnc2sc(C(=O)O)c(C)c12. The Labute approximate surface area is 115 Å². The van der Waals surface area contributed by atoms with Crippen molar-refractivity contribution in [3.8, 4) is 0 Å². The Bertz CT molecular complexity index is 624. The fourth-order valence-electron chi connectivity index (χ4n) is 2.01. The summed E-state index contributed by atoms with van der Waals surface area (Å²) >= 11 is 1.21. The Kier molecular flexibility index (Phi) is 3.71. The van der Waals surface area contributed by atoms with E-state index in [0.717, 1.165) is 28.0 Å². The second-order valence-electron chi connectivity index (χ2n) is 4.61. The van der Waals surface area contributed by atoms with Gasteiger partial charge in [0, 0.05) is 13.1 Å². The Hall–Kier alpha value is -1.69. The van der Waals surface area contributed by atoms with Crippen LogP contribution in [0.5, 0.6) is 0 Å². The maximum Gasteiger partial charge on any atom is 0.346 e. The average molecular weight is 279 g/mol. The van der Waals surface area contributed by atoms with Gasteiger partial charge in [-0.3, -0.25) is 0 Å². The van der Waals surface area contributed by atoms with Gasteiger partial charge in [0.05, 0.1) is 5.39 Å². The van der Waals surface area contributed by atoms with Gasteiger partial charge in [0.25, 0.3) is 0 Å². The number of thiophene rings is 1. The maximum atomic E-state index is 11.2. The van der Waals surface area contributed by atoms with Crippen LogP contribution in [-0.4, -0.2) is 34.1 Å². The van der Waals surface area contributed by atoms with E-state index in [9.17, 15) is 9.90 Å². The number of aromatic nitrogens is 2. The molecule has 0 bridgehead atoms. The second-order valence-corrected chi connectivity index (χ2v) is 5.61. The van der Waals surface area contributed by atoms with E-state index < -0.39 is 5.97 Å². The van der Waals surface area contributed by atoms with Crippen molar-refractivity contribution in [2.24, 2.45) is 0 Å². The summed E-state index contributed by atoms with van der Waals surface area (Å²) in [5, 5.41) is 10.1. The lowest BCUT2D eigenvalue weighted by molar-refractivity contribution is 0.0701. The van der Waals surface area contributed by atoms with Crippen molar-refractivity contribution in [3.05, 3.63) is 16.8 Å². The van der Waals surface area contributed by atoms with Crippen LogP contribution in [0.3, 0.4) is 0 Å². The first-order valence-electron chi connectivity index (χ1n) is 6.17. The highest BCUT2D eigenvalue weighted by Crippen LogP contribution is 2.35. The Morgan fingerprint density at radius 1 is 1.53 bits per heavy atom. The van der Waals surface area contributed by atoms with E-state index in [2.05, 4.69) is 28.7 Å². The van der Waals surface area contributed by atoms with Gasteiger partial charge in [-0.2, -0.15) is 0 Å². The fourth-order valence-corrected chi connectivity index (χ4v) is 2.99. The average Bonchev–Trinajstić information content (AvgIpc) is 2.74. The van der Waals surface area contributed by atoms with E-state index >= 15 is 0 Å². The summed E-state index contributed by atoms with van der Waals surface area (Å²) in [5.74, 6) is -0.0988. The Morgan fingerprint density at radius 3 is 2.79 bits per heavy atom. The number of carboxylic acid groups (broad SMARTS) is 1. The Balaban J connectivity index is 2.66. The van der Waals surface area contributed by atoms with Crippen LogP contribution in [-0.2, 0) is 0 Å². The predicted octanol–water partition coefficient (Wildman–Crippen LogP) is 2.93. The number of carboxylic acids is 1. The molecule has 6 heteroatoms. The molecule has 2 rings (SSSR count). The van der Waals surface area contributed by atoms with Crippen molar-refractivity contribution in [3.63, 3.8) is 0 Å². The number of fused-ring (bicyclic) bond motifs is 1. The smallest absolute Gasteiger partial charge is 0.346 e. The number of rotatable bonds is 4. The highest BCUT2D eigenvalue weighted by Gasteiger charge is 2.21. The highest BCUT2D eigenvalue weighted by atomic mass is 32.1. The van der Waals surface area contributed by atoms with Crippen molar-refractivity contribution in [2.45, 2.75) is 33.2 Å². The molecule has 0 spiro atoms. The third-order valence-electron chi connectivity index (χ3n) is 3.49. The van der Waals surface area contributed by atoms with Gasteiger partial charge in [-0.05, 0) is 25.8 Å². The van der Waals surface area contributed by atoms with E-state index in [1.54, 1.807) is 0 Å². The molecule has 0 saturated heterocycles. The third kappa shape index (κ3) is 2.28. The van der Waals surface area contributed by atoms with Crippen LogP contribution >= 0.6 is 11.3 Å². The highest BCUT2D eigenvalue weighted by molar-refractivity contribution is 7.20. The quantitative estimate of drug-likeness (QED) is 0.932. The number of hydrogen-bond donors (Lipinski definition) is 1. The summed E-state index contributed by atoms with van der Waals surface area (Å²) in [6, 6.07) is 0.339. The molecule has 1 atom stereocenters. The van der Waals surface area contributed by atoms with Crippen LogP contribution in [0.25, 0.3) is 10.2 Å².